The highest BCUT2D eigenvalue weighted by Crippen LogP contribution is 2.39. The third-order valence-electron chi connectivity index (χ3n) is 4.92. The molecular formula is C19H21N5O4. The maximum Gasteiger partial charge on any atom is 0.350 e. The molecule has 1 saturated carbocycles. The molecular weight excluding hydrogens is 362 g/mol. The molecule has 1 N–H and O–H groups in total. The highest BCUT2D eigenvalue weighted by atomic mass is 16.2. The first-order valence-corrected chi connectivity index (χ1v) is 9.39. The molecule has 2 aromatic rings. The molecule has 1 aliphatic carbocycles. The summed E-state index contributed by atoms with van der Waals surface area (Å²) < 4.78 is 2.98. The monoisotopic (exact) mass is 383 g/mol. The van der Waals surface area contributed by atoms with E-state index in [9.17, 15) is 19.2 Å². The van der Waals surface area contributed by atoms with Crippen molar-refractivity contribution >= 4 is 17.7 Å². The Morgan fingerprint density at radius 3 is 2.39 bits per heavy atom. The minimum Gasteiger partial charge on any atom is -0.353 e. The van der Waals surface area contributed by atoms with E-state index in [4.69, 9.17) is 0 Å². The largest absolute Gasteiger partial charge is 0.353 e. The minimum atomic E-state index is -0.429. The quantitative estimate of drug-likeness (QED) is 0.687. The molecule has 2 fully saturated rings. The number of rotatable bonds is 7. The predicted octanol–water partition coefficient (Wildman–Crippen LogP) is 0.177. The molecule has 2 heterocycles. The van der Waals surface area contributed by atoms with E-state index in [1.807, 2.05) is 30.3 Å². The molecule has 1 aromatic heterocycles. The van der Waals surface area contributed by atoms with Gasteiger partial charge in [0.1, 0.15) is 12.4 Å². The van der Waals surface area contributed by atoms with E-state index in [0.717, 1.165) is 29.3 Å². The van der Waals surface area contributed by atoms with Gasteiger partial charge in [-0.2, -0.15) is 5.10 Å². The number of nitrogens with zero attached hydrogens (tertiary/aromatic N) is 4. The summed E-state index contributed by atoms with van der Waals surface area (Å²) in [4.78, 5) is 48.9. The van der Waals surface area contributed by atoms with Crippen LogP contribution in [0.4, 0.5) is 0 Å². The Kier molecular flexibility index (Phi) is 4.81. The molecule has 4 rings (SSSR count). The van der Waals surface area contributed by atoms with Crippen LogP contribution in [0, 0.1) is 0 Å². The van der Waals surface area contributed by atoms with Gasteiger partial charge in [-0.15, -0.1) is 0 Å². The summed E-state index contributed by atoms with van der Waals surface area (Å²) >= 11 is 0. The second-order valence-electron chi connectivity index (χ2n) is 7.03. The van der Waals surface area contributed by atoms with Gasteiger partial charge in [-0.05, 0) is 25.0 Å². The first-order chi connectivity index (χ1) is 13.5. The molecule has 0 unspecified atom stereocenters. The first kappa shape index (κ1) is 18.1. The average molecular weight is 383 g/mol. The number of para-hydroxylation sites is 1. The van der Waals surface area contributed by atoms with Crippen LogP contribution < -0.4 is 11.0 Å². The molecule has 146 valence electrons. The van der Waals surface area contributed by atoms with Crippen LogP contribution in [-0.2, 0) is 20.9 Å². The van der Waals surface area contributed by atoms with E-state index < -0.39 is 5.91 Å². The maximum atomic E-state index is 12.8. The van der Waals surface area contributed by atoms with Crippen LogP contribution in [0.5, 0.6) is 0 Å². The molecule has 3 amide bonds. The van der Waals surface area contributed by atoms with Crippen molar-refractivity contribution in [1.82, 2.24) is 24.6 Å². The number of benzene rings is 1. The maximum absolute atomic E-state index is 12.8. The van der Waals surface area contributed by atoms with E-state index in [1.165, 1.54) is 4.68 Å². The molecule has 0 radical (unpaired) electrons. The van der Waals surface area contributed by atoms with Gasteiger partial charge in [-0.3, -0.25) is 19.3 Å². The molecule has 1 aliphatic heterocycles. The van der Waals surface area contributed by atoms with Gasteiger partial charge in [0, 0.05) is 25.3 Å². The molecule has 1 aromatic carbocycles. The van der Waals surface area contributed by atoms with E-state index in [0.29, 0.717) is 0 Å². The molecule has 0 atom stereocenters. The van der Waals surface area contributed by atoms with Gasteiger partial charge >= 0.3 is 5.69 Å². The number of amides is 3. The van der Waals surface area contributed by atoms with E-state index in [-0.39, 0.29) is 55.9 Å². The van der Waals surface area contributed by atoms with Crippen LogP contribution in [0.1, 0.15) is 37.4 Å². The van der Waals surface area contributed by atoms with Gasteiger partial charge in [0.15, 0.2) is 0 Å². The van der Waals surface area contributed by atoms with Crippen molar-refractivity contribution in [2.45, 2.75) is 38.1 Å². The van der Waals surface area contributed by atoms with Gasteiger partial charge < -0.3 is 5.32 Å². The molecule has 9 heteroatoms. The van der Waals surface area contributed by atoms with E-state index in [2.05, 4.69) is 10.4 Å². The zero-order valence-corrected chi connectivity index (χ0v) is 15.3. The highest BCUT2D eigenvalue weighted by Gasteiger charge is 2.32. The Labute approximate surface area is 160 Å². The summed E-state index contributed by atoms with van der Waals surface area (Å²) in [7, 11) is 0. The number of imide groups is 1. The highest BCUT2D eigenvalue weighted by molar-refractivity contribution is 6.04. The number of aromatic nitrogens is 3. The van der Waals surface area contributed by atoms with Crippen molar-refractivity contribution in [2.75, 3.05) is 13.1 Å². The van der Waals surface area contributed by atoms with Crippen molar-refractivity contribution in [3.63, 3.8) is 0 Å². The Morgan fingerprint density at radius 2 is 1.75 bits per heavy atom. The summed E-state index contributed by atoms with van der Waals surface area (Å²) in [6.45, 7) is 0.120. The Hall–Kier alpha value is -3.23. The zero-order valence-electron chi connectivity index (χ0n) is 15.3. The van der Waals surface area contributed by atoms with E-state index >= 15 is 0 Å². The second kappa shape index (κ2) is 7.41. The van der Waals surface area contributed by atoms with Crippen molar-refractivity contribution in [1.29, 1.82) is 0 Å². The van der Waals surface area contributed by atoms with Crippen LogP contribution in [0.25, 0.3) is 5.69 Å². The fourth-order valence-corrected chi connectivity index (χ4v) is 3.30. The van der Waals surface area contributed by atoms with Crippen molar-refractivity contribution in [2.24, 2.45) is 0 Å². The molecule has 9 nitrogen and oxygen atoms in total. The Bertz CT molecular complexity index is 958. The van der Waals surface area contributed by atoms with Gasteiger partial charge in [0.05, 0.1) is 12.2 Å². The van der Waals surface area contributed by atoms with Crippen molar-refractivity contribution in [3.8, 4) is 5.69 Å². The van der Waals surface area contributed by atoms with Gasteiger partial charge in [-0.25, -0.2) is 14.0 Å². The van der Waals surface area contributed by atoms with Crippen LogP contribution in [-0.4, -0.2) is 50.1 Å². The van der Waals surface area contributed by atoms with Gasteiger partial charge in [0.2, 0.25) is 17.7 Å². The summed E-state index contributed by atoms with van der Waals surface area (Å²) in [5.41, 5.74) is 0.531. The lowest BCUT2D eigenvalue weighted by molar-refractivity contribution is -0.142. The first-order valence-electron chi connectivity index (χ1n) is 9.39. The standard InChI is InChI=1S/C19H21N5O4/c25-15(12-22-16(26)8-9-17(22)27)20-10-11-23-19(28)24(14-4-2-1-3-5-14)18(21-23)13-6-7-13/h1-5,13H,6-12H2,(H,20,25). The SMILES string of the molecule is O=C(CN1C(=O)CCC1=O)NCCn1nc(C2CC2)n(-c2ccccc2)c1=O. The van der Waals surface area contributed by atoms with Gasteiger partial charge in [-0.1, -0.05) is 18.2 Å². The zero-order chi connectivity index (χ0) is 19.7. The summed E-state index contributed by atoms with van der Waals surface area (Å²) in [5, 5.41) is 7.12. The number of hydrogen-bond donors (Lipinski definition) is 1. The normalized spacial score (nSPS) is 16.6. The summed E-state index contributed by atoms with van der Waals surface area (Å²) in [5.74, 6) is -0.0487. The number of carbonyl (C=O) groups excluding carboxylic acids is 3. The van der Waals surface area contributed by atoms with Crippen LogP contribution in [0.3, 0.4) is 0 Å². The molecule has 0 spiro atoms. The predicted molar refractivity (Wildman–Crippen MR) is 98.8 cm³/mol. The lowest BCUT2D eigenvalue weighted by atomic mass is 10.3. The van der Waals surface area contributed by atoms with Crippen LogP contribution in [0.2, 0.25) is 0 Å². The fourth-order valence-electron chi connectivity index (χ4n) is 3.30. The lowest BCUT2D eigenvalue weighted by Gasteiger charge is -2.13. The smallest absolute Gasteiger partial charge is 0.350 e. The van der Waals surface area contributed by atoms with Crippen molar-refractivity contribution in [3.05, 3.63) is 46.6 Å². The molecule has 2 aliphatic rings. The van der Waals surface area contributed by atoms with E-state index in [1.54, 1.807) is 4.57 Å². The number of carbonyl (C=O) groups is 3. The average Bonchev–Trinajstić information content (AvgIpc) is 3.43. The minimum absolute atomic E-state index is 0.155. The molecule has 0 bridgehead atoms. The number of nitrogens with one attached hydrogen (secondary N) is 1. The number of likely N-dealkylation sites (tertiary alicyclic amines) is 1. The second-order valence-corrected chi connectivity index (χ2v) is 7.03. The third kappa shape index (κ3) is 3.60. The number of hydrogen-bond acceptors (Lipinski definition) is 5. The topological polar surface area (TPSA) is 106 Å². The molecule has 28 heavy (non-hydrogen) atoms. The summed E-state index contributed by atoms with van der Waals surface area (Å²) in [6, 6.07) is 9.37. The fraction of sp³-hybridized carbons (Fsp3) is 0.421. The summed E-state index contributed by atoms with van der Waals surface area (Å²) in [6.07, 6.45) is 2.33. The Morgan fingerprint density at radius 1 is 1.07 bits per heavy atom. The van der Waals surface area contributed by atoms with Gasteiger partial charge in [0.25, 0.3) is 0 Å². The third-order valence-corrected chi connectivity index (χ3v) is 4.92. The van der Waals surface area contributed by atoms with Crippen molar-refractivity contribution < 1.29 is 14.4 Å². The lowest BCUT2D eigenvalue weighted by Crippen LogP contribution is -2.41. The van der Waals surface area contributed by atoms with Crippen LogP contribution >= 0.6 is 0 Å². The molecule has 1 saturated heterocycles. The Balaban J connectivity index is 1.41. The van der Waals surface area contributed by atoms with Crippen LogP contribution in [0.15, 0.2) is 35.1 Å².